The fourth-order valence-corrected chi connectivity index (χ4v) is 2.77. The van der Waals surface area contributed by atoms with Crippen molar-refractivity contribution in [3.05, 3.63) is 29.1 Å². The van der Waals surface area contributed by atoms with Gasteiger partial charge in [0, 0.05) is 10.4 Å². The van der Waals surface area contributed by atoms with Gasteiger partial charge in [0.05, 0.1) is 0 Å². The lowest BCUT2D eigenvalue weighted by Crippen LogP contribution is -2.26. The predicted octanol–water partition coefficient (Wildman–Crippen LogP) is 2.89. The highest BCUT2D eigenvalue weighted by Gasteiger charge is 2.23. The van der Waals surface area contributed by atoms with Crippen LogP contribution in [0.3, 0.4) is 0 Å². The lowest BCUT2D eigenvalue weighted by molar-refractivity contribution is -0.147. The van der Waals surface area contributed by atoms with Crippen LogP contribution >= 0.6 is 11.3 Å². The summed E-state index contributed by atoms with van der Waals surface area (Å²) in [5, 5.41) is 9.84. The minimum absolute atomic E-state index is 0.304. The van der Waals surface area contributed by atoms with Gasteiger partial charge in [-0.05, 0) is 36.1 Å². The van der Waals surface area contributed by atoms with Gasteiger partial charge in [-0.3, -0.25) is 0 Å². The monoisotopic (exact) mass is 293 g/mol. The van der Waals surface area contributed by atoms with E-state index >= 15 is 0 Å². The Morgan fingerprint density at radius 3 is 2.80 bits per heavy atom. The van der Waals surface area contributed by atoms with Gasteiger partial charge in [0.15, 0.2) is 6.10 Å². The SMILES string of the molecule is CCCC(OC(=O)c1cc2cc(N)ccc2s1)C(=O)O. The number of carboxylic acid groups (broad SMARTS) is 1. The highest BCUT2D eigenvalue weighted by Crippen LogP contribution is 2.28. The van der Waals surface area contributed by atoms with Crippen molar-refractivity contribution in [1.29, 1.82) is 0 Å². The first-order valence-corrected chi connectivity index (χ1v) is 7.05. The molecule has 20 heavy (non-hydrogen) atoms. The number of nitrogens with two attached hydrogens (primary N) is 1. The first kappa shape index (κ1) is 14.3. The summed E-state index contributed by atoms with van der Waals surface area (Å²) in [5.41, 5.74) is 6.30. The molecular formula is C14H15NO4S. The number of thiophene rings is 1. The van der Waals surface area contributed by atoms with Crippen molar-refractivity contribution >= 4 is 39.0 Å². The van der Waals surface area contributed by atoms with Gasteiger partial charge < -0.3 is 15.6 Å². The maximum atomic E-state index is 12.0. The standard InChI is InChI=1S/C14H15NO4S/c1-2-3-10(13(16)17)19-14(18)12-7-8-6-9(15)4-5-11(8)20-12/h4-7,10H,2-3,15H2,1H3,(H,16,17). The van der Waals surface area contributed by atoms with Gasteiger partial charge in [0.2, 0.25) is 0 Å². The van der Waals surface area contributed by atoms with Crippen LogP contribution in [0.15, 0.2) is 24.3 Å². The molecule has 1 atom stereocenters. The Hall–Kier alpha value is -2.08. The smallest absolute Gasteiger partial charge is 0.349 e. The Kier molecular flexibility index (Phi) is 4.24. The van der Waals surface area contributed by atoms with Crippen LogP contribution in [-0.2, 0) is 9.53 Å². The second-order valence-corrected chi connectivity index (χ2v) is 5.51. The topological polar surface area (TPSA) is 89.6 Å². The molecule has 0 amide bonds. The average molecular weight is 293 g/mol. The third-order valence-electron chi connectivity index (χ3n) is 2.82. The van der Waals surface area contributed by atoms with Gasteiger partial charge >= 0.3 is 11.9 Å². The number of nitrogen functional groups attached to an aromatic ring is 1. The second-order valence-electron chi connectivity index (χ2n) is 4.43. The Morgan fingerprint density at radius 1 is 1.40 bits per heavy atom. The summed E-state index contributed by atoms with van der Waals surface area (Å²) < 4.78 is 5.95. The van der Waals surface area contributed by atoms with Gasteiger partial charge in [-0.1, -0.05) is 13.3 Å². The fourth-order valence-electron chi connectivity index (χ4n) is 1.84. The molecule has 0 spiro atoms. The summed E-state index contributed by atoms with van der Waals surface area (Å²) in [6.07, 6.45) is -0.158. The number of carbonyl (C=O) groups is 2. The van der Waals surface area contributed by atoms with Crippen LogP contribution in [0.1, 0.15) is 29.4 Å². The molecule has 2 aromatic rings. The van der Waals surface area contributed by atoms with Gasteiger partial charge in [-0.2, -0.15) is 0 Å². The van der Waals surface area contributed by atoms with Crippen LogP contribution in [-0.4, -0.2) is 23.1 Å². The molecule has 0 aliphatic rings. The number of hydrogen-bond acceptors (Lipinski definition) is 5. The number of carbonyl (C=O) groups excluding carboxylic acids is 1. The van der Waals surface area contributed by atoms with E-state index in [2.05, 4.69) is 0 Å². The molecule has 0 radical (unpaired) electrons. The van der Waals surface area contributed by atoms with Crippen molar-refractivity contribution in [2.24, 2.45) is 0 Å². The van der Waals surface area contributed by atoms with E-state index in [1.54, 1.807) is 18.2 Å². The van der Waals surface area contributed by atoms with E-state index in [0.29, 0.717) is 23.4 Å². The molecule has 2 rings (SSSR count). The fraction of sp³-hybridized carbons (Fsp3) is 0.286. The number of anilines is 1. The average Bonchev–Trinajstić information content (AvgIpc) is 2.80. The number of aliphatic carboxylic acids is 1. The first-order chi connectivity index (χ1) is 9.51. The van der Waals surface area contributed by atoms with Crippen molar-refractivity contribution in [3.8, 4) is 0 Å². The molecule has 0 bridgehead atoms. The predicted molar refractivity (Wildman–Crippen MR) is 78.0 cm³/mol. The van der Waals surface area contributed by atoms with E-state index in [4.69, 9.17) is 15.6 Å². The molecule has 3 N–H and O–H groups in total. The quantitative estimate of drug-likeness (QED) is 0.653. The van der Waals surface area contributed by atoms with E-state index in [-0.39, 0.29) is 0 Å². The largest absolute Gasteiger partial charge is 0.479 e. The molecule has 0 fully saturated rings. The second kappa shape index (κ2) is 5.92. The molecule has 6 heteroatoms. The molecule has 5 nitrogen and oxygen atoms in total. The molecule has 0 aliphatic carbocycles. The summed E-state index contributed by atoms with van der Waals surface area (Å²) >= 11 is 1.26. The molecule has 1 unspecified atom stereocenters. The Bertz CT molecular complexity index is 650. The van der Waals surface area contributed by atoms with Gasteiger partial charge in [0.25, 0.3) is 0 Å². The third kappa shape index (κ3) is 3.08. The lowest BCUT2D eigenvalue weighted by Gasteiger charge is -2.11. The molecular weight excluding hydrogens is 278 g/mol. The number of benzene rings is 1. The maximum Gasteiger partial charge on any atom is 0.349 e. The number of carboxylic acids is 1. The molecule has 0 saturated heterocycles. The Balaban J connectivity index is 2.20. The zero-order valence-electron chi connectivity index (χ0n) is 11.0. The van der Waals surface area contributed by atoms with Crippen LogP contribution < -0.4 is 5.73 Å². The highest BCUT2D eigenvalue weighted by atomic mass is 32.1. The number of hydrogen-bond donors (Lipinski definition) is 2. The van der Waals surface area contributed by atoms with E-state index in [1.165, 1.54) is 11.3 Å². The zero-order chi connectivity index (χ0) is 14.7. The summed E-state index contributed by atoms with van der Waals surface area (Å²) in [4.78, 5) is 23.3. The Morgan fingerprint density at radius 2 is 2.15 bits per heavy atom. The van der Waals surface area contributed by atoms with E-state index in [9.17, 15) is 9.59 Å². The van der Waals surface area contributed by atoms with Crippen molar-refractivity contribution in [2.75, 3.05) is 5.73 Å². The van der Waals surface area contributed by atoms with E-state index < -0.39 is 18.0 Å². The minimum atomic E-state index is -1.12. The van der Waals surface area contributed by atoms with Crippen LogP contribution in [0.4, 0.5) is 5.69 Å². The molecule has 0 saturated carbocycles. The summed E-state index contributed by atoms with van der Waals surface area (Å²) in [7, 11) is 0. The summed E-state index contributed by atoms with van der Waals surface area (Å²) in [6, 6.07) is 7.02. The highest BCUT2D eigenvalue weighted by molar-refractivity contribution is 7.20. The molecule has 0 aliphatic heterocycles. The Labute approximate surface area is 120 Å². The number of ether oxygens (including phenoxy) is 1. The lowest BCUT2D eigenvalue weighted by atomic mass is 10.2. The number of fused-ring (bicyclic) bond motifs is 1. The number of rotatable bonds is 5. The van der Waals surface area contributed by atoms with Gasteiger partial charge in [0.1, 0.15) is 4.88 Å². The van der Waals surface area contributed by atoms with E-state index in [0.717, 1.165) is 10.1 Å². The molecule has 1 heterocycles. The van der Waals surface area contributed by atoms with Crippen molar-refractivity contribution in [3.63, 3.8) is 0 Å². The minimum Gasteiger partial charge on any atom is -0.479 e. The summed E-state index contributed by atoms with van der Waals surface area (Å²) in [6.45, 7) is 1.84. The molecule has 106 valence electrons. The van der Waals surface area contributed by atoms with Crippen LogP contribution in [0.2, 0.25) is 0 Å². The van der Waals surface area contributed by atoms with Crippen LogP contribution in [0.5, 0.6) is 0 Å². The molecule has 1 aromatic carbocycles. The summed E-state index contributed by atoms with van der Waals surface area (Å²) in [5.74, 6) is -1.73. The van der Waals surface area contributed by atoms with Crippen molar-refractivity contribution in [2.45, 2.75) is 25.9 Å². The zero-order valence-corrected chi connectivity index (χ0v) is 11.8. The van der Waals surface area contributed by atoms with Crippen LogP contribution in [0.25, 0.3) is 10.1 Å². The van der Waals surface area contributed by atoms with Gasteiger partial charge in [-0.15, -0.1) is 11.3 Å². The maximum absolute atomic E-state index is 12.0. The third-order valence-corrected chi connectivity index (χ3v) is 3.91. The normalized spacial score (nSPS) is 12.2. The van der Waals surface area contributed by atoms with E-state index in [1.807, 2.05) is 13.0 Å². The number of esters is 1. The van der Waals surface area contributed by atoms with Gasteiger partial charge in [-0.25, -0.2) is 9.59 Å². The van der Waals surface area contributed by atoms with Crippen molar-refractivity contribution in [1.82, 2.24) is 0 Å². The first-order valence-electron chi connectivity index (χ1n) is 6.24. The van der Waals surface area contributed by atoms with Crippen molar-refractivity contribution < 1.29 is 19.4 Å². The van der Waals surface area contributed by atoms with Crippen LogP contribution in [0, 0.1) is 0 Å². The molecule has 1 aromatic heterocycles.